The van der Waals surface area contributed by atoms with Crippen LogP contribution in [0.4, 0.5) is 5.13 Å². The van der Waals surface area contributed by atoms with E-state index in [1.54, 1.807) is 13.3 Å². The van der Waals surface area contributed by atoms with Crippen molar-refractivity contribution in [3.63, 3.8) is 0 Å². The van der Waals surface area contributed by atoms with Crippen LogP contribution in [0, 0.1) is 5.92 Å². The SMILES string of the molecule is COc1ccc2c(c1)[C@H](CC(C)C)[C@]1(C2)C(=O)N1c1nccs1. The molecule has 2 heterocycles. The molecule has 1 aromatic carbocycles. The van der Waals surface area contributed by atoms with E-state index in [4.69, 9.17) is 4.74 Å². The van der Waals surface area contributed by atoms with Crippen LogP contribution in [0.3, 0.4) is 0 Å². The highest BCUT2D eigenvalue weighted by Crippen LogP contribution is 2.58. The molecule has 120 valence electrons. The lowest BCUT2D eigenvalue weighted by atomic mass is 9.84. The summed E-state index contributed by atoms with van der Waals surface area (Å²) in [5.41, 5.74) is 2.12. The van der Waals surface area contributed by atoms with Gasteiger partial charge in [0.15, 0.2) is 5.13 Å². The molecule has 1 amide bonds. The summed E-state index contributed by atoms with van der Waals surface area (Å²) >= 11 is 1.53. The smallest absolute Gasteiger partial charge is 0.257 e. The van der Waals surface area contributed by atoms with E-state index in [0.717, 1.165) is 23.7 Å². The van der Waals surface area contributed by atoms with E-state index >= 15 is 0 Å². The number of amides is 1. The van der Waals surface area contributed by atoms with Gasteiger partial charge in [0.2, 0.25) is 0 Å². The topological polar surface area (TPSA) is 42.2 Å². The molecule has 5 heteroatoms. The van der Waals surface area contributed by atoms with Crippen molar-refractivity contribution < 1.29 is 9.53 Å². The van der Waals surface area contributed by atoms with Gasteiger partial charge < -0.3 is 4.74 Å². The normalized spacial score (nSPS) is 25.3. The van der Waals surface area contributed by atoms with Crippen LogP contribution in [-0.2, 0) is 11.2 Å². The van der Waals surface area contributed by atoms with Gasteiger partial charge >= 0.3 is 0 Å². The number of carbonyl (C=O) groups excluding carboxylic acids is 1. The maximum Gasteiger partial charge on any atom is 0.257 e. The second-order valence-electron chi connectivity index (χ2n) is 6.80. The number of hydrogen-bond acceptors (Lipinski definition) is 4. The third-order valence-electron chi connectivity index (χ3n) is 5.01. The lowest BCUT2D eigenvalue weighted by Gasteiger charge is -2.21. The highest BCUT2D eigenvalue weighted by molar-refractivity contribution is 7.14. The van der Waals surface area contributed by atoms with Crippen molar-refractivity contribution in [2.45, 2.75) is 38.1 Å². The van der Waals surface area contributed by atoms with Crippen molar-refractivity contribution in [3.8, 4) is 5.75 Å². The van der Waals surface area contributed by atoms with Gasteiger partial charge in [0.05, 0.1) is 7.11 Å². The van der Waals surface area contributed by atoms with Crippen LogP contribution in [0.25, 0.3) is 0 Å². The summed E-state index contributed by atoms with van der Waals surface area (Å²) in [5.74, 6) is 1.82. The van der Waals surface area contributed by atoms with E-state index < -0.39 is 5.54 Å². The molecule has 2 aliphatic rings. The predicted molar refractivity (Wildman–Crippen MR) is 91.2 cm³/mol. The number of thiazole rings is 1. The van der Waals surface area contributed by atoms with Crippen molar-refractivity contribution in [3.05, 3.63) is 40.9 Å². The molecule has 23 heavy (non-hydrogen) atoms. The summed E-state index contributed by atoms with van der Waals surface area (Å²) in [5, 5.41) is 2.75. The van der Waals surface area contributed by atoms with E-state index in [1.165, 1.54) is 22.5 Å². The first kappa shape index (κ1) is 14.7. The highest BCUT2D eigenvalue weighted by Gasteiger charge is 2.71. The largest absolute Gasteiger partial charge is 0.497 e. The van der Waals surface area contributed by atoms with Crippen molar-refractivity contribution in [2.24, 2.45) is 5.92 Å². The lowest BCUT2D eigenvalue weighted by Crippen LogP contribution is -2.26. The fourth-order valence-electron chi connectivity index (χ4n) is 3.97. The number of carbonyl (C=O) groups is 1. The van der Waals surface area contributed by atoms with Gasteiger partial charge in [-0.2, -0.15) is 0 Å². The summed E-state index contributed by atoms with van der Waals surface area (Å²) in [6.45, 7) is 4.43. The average Bonchev–Trinajstić information content (AvgIpc) is 2.92. The molecule has 2 aromatic rings. The molecule has 4 nitrogen and oxygen atoms in total. The monoisotopic (exact) mass is 328 g/mol. The second-order valence-corrected chi connectivity index (χ2v) is 7.68. The van der Waals surface area contributed by atoms with Gasteiger partial charge in [-0.1, -0.05) is 19.9 Å². The Balaban J connectivity index is 1.78. The number of hydrogen-bond donors (Lipinski definition) is 0. The lowest BCUT2D eigenvalue weighted by molar-refractivity contribution is -0.111. The number of benzene rings is 1. The number of anilines is 1. The minimum Gasteiger partial charge on any atom is -0.497 e. The van der Waals surface area contributed by atoms with Gasteiger partial charge in [0, 0.05) is 23.9 Å². The van der Waals surface area contributed by atoms with Gasteiger partial charge in [-0.25, -0.2) is 4.98 Å². The molecular weight excluding hydrogens is 308 g/mol. The van der Waals surface area contributed by atoms with Crippen molar-refractivity contribution in [1.29, 1.82) is 0 Å². The molecule has 0 saturated carbocycles. The van der Waals surface area contributed by atoms with Crippen LogP contribution in [0.1, 0.15) is 37.3 Å². The zero-order chi connectivity index (χ0) is 16.2. The number of methoxy groups -OCH3 is 1. The summed E-state index contributed by atoms with van der Waals surface area (Å²) in [6, 6.07) is 6.22. The molecule has 0 N–H and O–H groups in total. The number of aromatic nitrogens is 1. The summed E-state index contributed by atoms with van der Waals surface area (Å²) in [7, 11) is 1.69. The van der Waals surface area contributed by atoms with E-state index in [0.29, 0.717) is 5.92 Å². The second kappa shape index (κ2) is 5.06. The predicted octanol–water partition coefficient (Wildman–Crippen LogP) is 3.62. The number of rotatable bonds is 4. The summed E-state index contributed by atoms with van der Waals surface area (Å²) < 4.78 is 5.40. The van der Waals surface area contributed by atoms with Crippen LogP contribution in [0.2, 0.25) is 0 Å². The standard InChI is InChI=1S/C18H20N2O2S/c1-11(2)8-15-14-9-13(22-3)5-4-12(14)10-18(15)16(21)20(18)17-19-6-7-23-17/h4-7,9,11,15H,8,10H2,1-3H3/t15-,18+,20?/m0/s1. The van der Waals surface area contributed by atoms with Crippen LogP contribution < -0.4 is 9.64 Å². The molecule has 0 radical (unpaired) electrons. The minimum atomic E-state index is -0.420. The summed E-state index contributed by atoms with van der Waals surface area (Å²) in [4.78, 5) is 19.1. The quantitative estimate of drug-likeness (QED) is 0.805. The molecule has 1 aliphatic heterocycles. The van der Waals surface area contributed by atoms with Gasteiger partial charge in [0.25, 0.3) is 5.91 Å². The Bertz CT molecular complexity index is 756. The van der Waals surface area contributed by atoms with Crippen molar-refractivity contribution in [1.82, 2.24) is 4.98 Å². The molecular formula is C18H20N2O2S. The van der Waals surface area contributed by atoms with Gasteiger partial charge in [-0.3, -0.25) is 9.69 Å². The maximum atomic E-state index is 12.8. The van der Waals surface area contributed by atoms with Crippen LogP contribution in [0.5, 0.6) is 5.75 Å². The molecule has 1 fully saturated rings. The molecule has 1 spiro atoms. The molecule has 0 unspecified atom stereocenters. The number of nitrogens with zero attached hydrogens (tertiary/aromatic N) is 2. The van der Waals surface area contributed by atoms with Crippen LogP contribution >= 0.6 is 11.3 Å². The Morgan fingerprint density at radius 3 is 2.96 bits per heavy atom. The van der Waals surface area contributed by atoms with Crippen molar-refractivity contribution >= 4 is 22.4 Å². The van der Waals surface area contributed by atoms with Crippen LogP contribution in [0.15, 0.2) is 29.8 Å². The first-order chi connectivity index (χ1) is 11.1. The Morgan fingerprint density at radius 2 is 2.30 bits per heavy atom. The first-order valence-electron chi connectivity index (χ1n) is 7.99. The van der Waals surface area contributed by atoms with E-state index in [-0.39, 0.29) is 11.8 Å². The van der Waals surface area contributed by atoms with Crippen LogP contribution in [-0.4, -0.2) is 23.5 Å². The van der Waals surface area contributed by atoms with Gasteiger partial charge in [-0.05, 0) is 35.6 Å². The van der Waals surface area contributed by atoms with E-state index in [2.05, 4.69) is 31.0 Å². The zero-order valence-corrected chi connectivity index (χ0v) is 14.4. The molecule has 1 aliphatic carbocycles. The van der Waals surface area contributed by atoms with Gasteiger partial charge in [0.1, 0.15) is 11.3 Å². The Kier molecular flexibility index (Phi) is 3.23. The first-order valence-corrected chi connectivity index (χ1v) is 8.87. The zero-order valence-electron chi connectivity index (χ0n) is 13.6. The molecule has 1 aromatic heterocycles. The molecule has 1 saturated heterocycles. The number of fused-ring (bicyclic) bond motifs is 1. The molecule has 0 bridgehead atoms. The van der Waals surface area contributed by atoms with Gasteiger partial charge in [-0.15, -0.1) is 11.3 Å². The Labute approximate surface area is 140 Å². The molecule has 2 atom stereocenters. The van der Waals surface area contributed by atoms with Crippen molar-refractivity contribution in [2.75, 3.05) is 12.0 Å². The summed E-state index contributed by atoms with van der Waals surface area (Å²) in [6.07, 6.45) is 3.54. The van der Waals surface area contributed by atoms with E-state index in [1.807, 2.05) is 16.3 Å². The minimum absolute atomic E-state index is 0.212. The number of ether oxygens (including phenoxy) is 1. The Morgan fingerprint density at radius 1 is 1.48 bits per heavy atom. The average molecular weight is 328 g/mol. The Hall–Kier alpha value is -1.88. The highest BCUT2D eigenvalue weighted by atomic mass is 32.1. The third-order valence-corrected chi connectivity index (χ3v) is 5.76. The third kappa shape index (κ3) is 2.02. The fraction of sp³-hybridized carbons (Fsp3) is 0.444. The maximum absolute atomic E-state index is 12.8. The fourth-order valence-corrected chi connectivity index (χ4v) is 4.68. The molecule has 4 rings (SSSR count). The van der Waals surface area contributed by atoms with E-state index in [9.17, 15) is 4.79 Å².